The molecule has 3 aromatic rings. The first-order chi connectivity index (χ1) is 16.7. The van der Waals surface area contributed by atoms with E-state index in [-0.39, 0.29) is 11.4 Å². The van der Waals surface area contributed by atoms with E-state index >= 15 is 0 Å². The molecule has 0 atom stereocenters. The molecule has 6 nitrogen and oxygen atoms in total. The molecule has 1 N–H and O–H groups in total. The number of pyridine rings is 1. The molecule has 0 radical (unpaired) electrons. The number of rotatable bonds is 7. The molecule has 34 heavy (non-hydrogen) atoms. The molecular formula is C27H33FN4O2. The molecule has 2 fully saturated rings. The van der Waals surface area contributed by atoms with Crippen LogP contribution < -0.4 is 10.9 Å². The first-order valence-corrected chi connectivity index (χ1v) is 12.7. The van der Waals surface area contributed by atoms with Crippen LogP contribution in [0, 0.1) is 17.7 Å². The standard InChI is InChI=1S/C27H33FN4O2/c28-22-8-6-21(7-9-22)23-10-11-24-26(31-23)32(18-20-4-2-1-3-5-20)27(33)25(30-24)29-15-12-19-13-16-34-17-14-19/h6-11,19-20H,1-5,12-18H2,(H,29,30). The number of aromatic nitrogens is 3. The molecule has 0 bridgehead atoms. The summed E-state index contributed by atoms with van der Waals surface area (Å²) in [7, 11) is 0. The van der Waals surface area contributed by atoms with Crippen molar-refractivity contribution in [3.8, 4) is 11.3 Å². The number of hydrogen-bond donors (Lipinski definition) is 1. The van der Waals surface area contributed by atoms with E-state index in [2.05, 4.69) is 10.3 Å². The van der Waals surface area contributed by atoms with Gasteiger partial charge in [0.05, 0.1) is 5.69 Å². The molecular weight excluding hydrogens is 431 g/mol. The number of ether oxygens (including phenoxy) is 1. The average Bonchev–Trinajstić information content (AvgIpc) is 2.88. The average molecular weight is 465 g/mol. The predicted octanol–water partition coefficient (Wildman–Crippen LogP) is 5.41. The molecule has 2 aromatic heterocycles. The summed E-state index contributed by atoms with van der Waals surface area (Å²) in [5, 5.41) is 3.33. The summed E-state index contributed by atoms with van der Waals surface area (Å²) in [5.74, 6) is 1.23. The van der Waals surface area contributed by atoms with E-state index in [1.807, 2.05) is 16.7 Å². The highest BCUT2D eigenvalue weighted by Gasteiger charge is 2.20. The van der Waals surface area contributed by atoms with Crippen molar-refractivity contribution in [1.29, 1.82) is 0 Å². The largest absolute Gasteiger partial charge is 0.381 e. The van der Waals surface area contributed by atoms with Gasteiger partial charge in [0.1, 0.15) is 11.3 Å². The fraction of sp³-hybridized carbons (Fsp3) is 0.519. The minimum atomic E-state index is -0.281. The van der Waals surface area contributed by atoms with Gasteiger partial charge < -0.3 is 10.1 Å². The van der Waals surface area contributed by atoms with Gasteiger partial charge in [-0.1, -0.05) is 19.3 Å². The Kier molecular flexibility index (Phi) is 7.19. The van der Waals surface area contributed by atoms with Crippen LogP contribution in [0.5, 0.6) is 0 Å². The smallest absolute Gasteiger partial charge is 0.294 e. The number of hydrogen-bond acceptors (Lipinski definition) is 5. The predicted molar refractivity (Wildman–Crippen MR) is 132 cm³/mol. The second-order valence-electron chi connectivity index (χ2n) is 9.70. The Labute approximate surface area is 199 Å². The molecule has 1 saturated heterocycles. The second kappa shape index (κ2) is 10.6. The lowest BCUT2D eigenvalue weighted by atomic mass is 9.89. The molecule has 180 valence electrons. The SMILES string of the molecule is O=c1c(NCCC2CCOCC2)nc2ccc(-c3ccc(F)cc3)nc2n1CC1CCCCC1. The highest BCUT2D eigenvalue weighted by molar-refractivity contribution is 5.76. The first-order valence-electron chi connectivity index (χ1n) is 12.7. The fourth-order valence-corrected chi connectivity index (χ4v) is 5.24. The van der Waals surface area contributed by atoms with Crippen LogP contribution >= 0.6 is 0 Å². The van der Waals surface area contributed by atoms with Gasteiger partial charge in [-0.2, -0.15) is 0 Å². The zero-order valence-corrected chi connectivity index (χ0v) is 19.6. The molecule has 3 heterocycles. The van der Waals surface area contributed by atoms with Crippen molar-refractivity contribution in [2.45, 2.75) is 57.9 Å². The number of benzene rings is 1. The Hall–Kier alpha value is -2.80. The fourth-order valence-electron chi connectivity index (χ4n) is 5.24. The van der Waals surface area contributed by atoms with Gasteiger partial charge in [0.15, 0.2) is 11.5 Å². The van der Waals surface area contributed by atoms with Gasteiger partial charge >= 0.3 is 0 Å². The Morgan fingerprint density at radius 3 is 2.47 bits per heavy atom. The van der Waals surface area contributed by atoms with Crippen LogP contribution in [-0.2, 0) is 11.3 Å². The Morgan fingerprint density at radius 1 is 0.941 bits per heavy atom. The van der Waals surface area contributed by atoms with E-state index < -0.39 is 0 Å². The van der Waals surface area contributed by atoms with E-state index in [1.165, 1.54) is 31.4 Å². The van der Waals surface area contributed by atoms with Crippen molar-refractivity contribution in [2.24, 2.45) is 11.8 Å². The van der Waals surface area contributed by atoms with Crippen molar-refractivity contribution >= 4 is 17.0 Å². The molecule has 1 aliphatic carbocycles. The third-order valence-corrected chi connectivity index (χ3v) is 7.28. The Bertz CT molecular complexity index is 1170. The lowest BCUT2D eigenvalue weighted by molar-refractivity contribution is 0.0649. The highest BCUT2D eigenvalue weighted by Crippen LogP contribution is 2.27. The van der Waals surface area contributed by atoms with Gasteiger partial charge in [-0.05, 0) is 80.3 Å². The highest BCUT2D eigenvalue weighted by atomic mass is 19.1. The molecule has 0 unspecified atom stereocenters. The number of halogens is 1. The molecule has 1 aliphatic heterocycles. The maximum atomic E-state index is 13.6. The summed E-state index contributed by atoms with van der Waals surface area (Å²) in [5.41, 5.74) is 2.74. The van der Waals surface area contributed by atoms with Crippen molar-refractivity contribution < 1.29 is 9.13 Å². The van der Waals surface area contributed by atoms with E-state index in [0.717, 1.165) is 57.4 Å². The van der Waals surface area contributed by atoms with Crippen molar-refractivity contribution in [2.75, 3.05) is 25.1 Å². The minimum absolute atomic E-state index is 0.103. The normalized spacial score (nSPS) is 17.8. The summed E-state index contributed by atoms with van der Waals surface area (Å²) < 4.78 is 20.7. The third kappa shape index (κ3) is 5.30. The Balaban J connectivity index is 1.46. The van der Waals surface area contributed by atoms with Gasteiger partial charge in [0, 0.05) is 31.9 Å². The van der Waals surface area contributed by atoms with E-state index in [1.54, 1.807) is 12.1 Å². The zero-order chi connectivity index (χ0) is 23.3. The number of nitrogens with zero attached hydrogens (tertiary/aromatic N) is 3. The maximum absolute atomic E-state index is 13.6. The van der Waals surface area contributed by atoms with Crippen LogP contribution in [0.15, 0.2) is 41.2 Å². The number of fused-ring (bicyclic) bond motifs is 1. The van der Waals surface area contributed by atoms with Crippen molar-refractivity contribution in [3.63, 3.8) is 0 Å². The second-order valence-corrected chi connectivity index (χ2v) is 9.70. The molecule has 0 spiro atoms. The van der Waals surface area contributed by atoms with E-state index in [0.29, 0.717) is 41.1 Å². The lowest BCUT2D eigenvalue weighted by Crippen LogP contribution is -2.30. The molecule has 5 rings (SSSR count). The van der Waals surface area contributed by atoms with E-state index in [4.69, 9.17) is 9.72 Å². The third-order valence-electron chi connectivity index (χ3n) is 7.28. The van der Waals surface area contributed by atoms with Crippen LogP contribution in [0.25, 0.3) is 22.4 Å². The van der Waals surface area contributed by atoms with Crippen LogP contribution in [0.3, 0.4) is 0 Å². The quantitative estimate of drug-likeness (QED) is 0.507. The topological polar surface area (TPSA) is 69.0 Å². The number of nitrogens with one attached hydrogen (secondary N) is 1. The number of anilines is 1. The molecule has 7 heteroatoms. The van der Waals surface area contributed by atoms with Gasteiger partial charge in [-0.25, -0.2) is 14.4 Å². The molecule has 0 amide bonds. The first kappa shape index (κ1) is 23.0. The molecule has 1 saturated carbocycles. The van der Waals surface area contributed by atoms with Crippen LogP contribution in [0.4, 0.5) is 10.2 Å². The summed E-state index contributed by atoms with van der Waals surface area (Å²) in [4.78, 5) is 23.1. The molecule has 2 aliphatic rings. The van der Waals surface area contributed by atoms with E-state index in [9.17, 15) is 9.18 Å². The lowest BCUT2D eigenvalue weighted by Gasteiger charge is -2.24. The van der Waals surface area contributed by atoms with Crippen molar-refractivity contribution in [1.82, 2.24) is 14.5 Å². The van der Waals surface area contributed by atoms with Gasteiger partial charge in [0.2, 0.25) is 0 Å². The summed E-state index contributed by atoms with van der Waals surface area (Å²) in [6.45, 7) is 3.04. The monoisotopic (exact) mass is 464 g/mol. The summed E-state index contributed by atoms with van der Waals surface area (Å²) in [6, 6.07) is 10.1. The minimum Gasteiger partial charge on any atom is -0.381 e. The van der Waals surface area contributed by atoms with Gasteiger partial charge in [-0.15, -0.1) is 0 Å². The summed E-state index contributed by atoms with van der Waals surface area (Å²) in [6.07, 6.45) is 9.14. The van der Waals surface area contributed by atoms with Crippen LogP contribution in [-0.4, -0.2) is 34.3 Å². The van der Waals surface area contributed by atoms with Crippen molar-refractivity contribution in [3.05, 3.63) is 52.6 Å². The molecule has 1 aromatic carbocycles. The van der Waals surface area contributed by atoms with Gasteiger partial charge in [0.25, 0.3) is 5.56 Å². The Morgan fingerprint density at radius 2 is 1.71 bits per heavy atom. The van der Waals surface area contributed by atoms with Crippen LogP contribution in [0.1, 0.15) is 51.4 Å². The maximum Gasteiger partial charge on any atom is 0.294 e. The zero-order valence-electron chi connectivity index (χ0n) is 19.6. The van der Waals surface area contributed by atoms with Gasteiger partial charge in [-0.3, -0.25) is 9.36 Å². The van der Waals surface area contributed by atoms with Crippen LogP contribution in [0.2, 0.25) is 0 Å². The summed E-state index contributed by atoms with van der Waals surface area (Å²) >= 11 is 0.